The van der Waals surface area contributed by atoms with Crippen LogP contribution in [-0.4, -0.2) is 70.8 Å². The van der Waals surface area contributed by atoms with Crippen molar-refractivity contribution in [3.8, 4) is 17.2 Å². The first-order valence-electron chi connectivity index (χ1n) is 11.6. The minimum absolute atomic E-state index is 0.0453. The van der Waals surface area contributed by atoms with Crippen LogP contribution < -0.4 is 24.0 Å². The van der Waals surface area contributed by atoms with Gasteiger partial charge in [-0.1, -0.05) is 12.1 Å². The van der Waals surface area contributed by atoms with Gasteiger partial charge in [-0.2, -0.15) is 0 Å². The zero-order chi connectivity index (χ0) is 24.4. The second kappa shape index (κ2) is 9.83. The quantitative estimate of drug-likeness (QED) is 0.651. The second-order valence-electron chi connectivity index (χ2n) is 8.82. The number of carbonyl (C=O) groups excluding carboxylic acids is 2. The van der Waals surface area contributed by atoms with Gasteiger partial charge in [-0.25, -0.2) is 0 Å². The molecule has 2 aromatic rings. The Morgan fingerprint density at radius 2 is 1.59 bits per heavy atom. The molecule has 2 aliphatic rings. The third kappa shape index (κ3) is 4.36. The van der Waals surface area contributed by atoms with Gasteiger partial charge in [-0.15, -0.1) is 0 Å². The molecule has 4 rings (SSSR count). The molecule has 8 heteroatoms. The molecule has 182 valence electrons. The van der Waals surface area contributed by atoms with Crippen LogP contribution in [0, 0.1) is 19.8 Å². The number of carbonyl (C=O) groups is 2. The summed E-state index contributed by atoms with van der Waals surface area (Å²) in [6.45, 7) is 7.48. The molecule has 0 aliphatic carbocycles. The number of benzene rings is 2. The number of hydrogen-bond acceptors (Lipinski definition) is 6. The minimum Gasteiger partial charge on any atom is -0.493 e. The molecule has 8 nitrogen and oxygen atoms in total. The Morgan fingerprint density at radius 3 is 2.18 bits per heavy atom. The summed E-state index contributed by atoms with van der Waals surface area (Å²) < 4.78 is 16.2. The van der Waals surface area contributed by atoms with Gasteiger partial charge >= 0.3 is 0 Å². The number of piperazine rings is 1. The lowest BCUT2D eigenvalue weighted by molar-refractivity contribution is -0.136. The molecular weight excluding hydrogens is 434 g/mol. The molecule has 0 spiro atoms. The fourth-order valence-corrected chi connectivity index (χ4v) is 4.85. The van der Waals surface area contributed by atoms with Crippen LogP contribution in [0.3, 0.4) is 0 Å². The number of amides is 2. The number of methoxy groups -OCH3 is 3. The maximum atomic E-state index is 13.3. The summed E-state index contributed by atoms with van der Waals surface area (Å²) in [4.78, 5) is 32.0. The molecule has 2 heterocycles. The number of anilines is 2. The average molecular weight is 468 g/mol. The Balaban J connectivity index is 1.44. The van der Waals surface area contributed by atoms with Crippen LogP contribution in [-0.2, 0) is 9.59 Å². The van der Waals surface area contributed by atoms with Gasteiger partial charge in [0.1, 0.15) is 0 Å². The van der Waals surface area contributed by atoms with Crippen molar-refractivity contribution in [2.75, 3.05) is 63.9 Å². The molecule has 2 aliphatic heterocycles. The van der Waals surface area contributed by atoms with Gasteiger partial charge < -0.3 is 28.9 Å². The first kappa shape index (κ1) is 23.7. The summed E-state index contributed by atoms with van der Waals surface area (Å²) in [6, 6.07) is 9.83. The van der Waals surface area contributed by atoms with E-state index < -0.39 is 0 Å². The summed E-state index contributed by atoms with van der Waals surface area (Å²) in [5.41, 5.74) is 4.42. The minimum atomic E-state index is -0.362. The highest BCUT2D eigenvalue weighted by Crippen LogP contribution is 2.42. The van der Waals surface area contributed by atoms with Crippen molar-refractivity contribution in [2.45, 2.75) is 20.3 Å². The van der Waals surface area contributed by atoms with E-state index in [1.165, 1.54) is 38.1 Å². The lowest BCUT2D eigenvalue weighted by atomic mass is 10.1. The molecular formula is C26H33N3O5. The summed E-state index contributed by atoms with van der Waals surface area (Å²) in [5, 5.41) is 0. The Labute approximate surface area is 201 Å². The number of aryl methyl sites for hydroxylation is 1. The van der Waals surface area contributed by atoms with Crippen LogP contribution in [0.25, 0.3) is 0 Å². The second-order valence-corrected chi connectivity index (χ2v) is 8.82. The monoisotopic (exact) mass is 467 g/mol. The lowest BCUT2D eigenvalue weighted by Gasteiger charge is -2.38. The fraction of sp³-hybridized carbons (Fsp3) is 0.462. The standard InChI is InChI=1S/C26H33N3O5/c1-17-7-6-8-21(18(17)2)27-9-11-28(12-10-27)26(31)19-13-24(30)29(16-19)20-14-22(32-3)25(34-5)23(15-20)33-4/h6-8,14-15,19H,9-13,16H2,1-5H3. The van der Waals surface area contributed by atoms with Crippen molar-refractivity contribution < 1.29 is 23.8 Å². The Bertz CT molecular complexity index is 1050. The van der Waals surface area contributed by atoms with Crippen molar-refractivity contribution >= 4 is 23.2 Å². The van der Waals surface area contributed by atoms with E-state index in [0.717, 1.165) is 13.1 Å². The molecule has 0 saturated carbocycles. The van der Waals surface area contributed by atoms with E-state index in [4.69, 9.17) is 14.2 Å². The molecule has 1 atom stereocenters. The Kier molecular flexibility index (Phi) is 6.86. The van der Waals surface area contributed by atoms with Gasteiger partial charge in [0.2, 0.25) is 17.6 Å². The van der Waals surface area contributed by atoms with Crippen molar-refractivity contribution in [2.24, 2.45) is 5.92 Å². The van der Waals surface area contributed by atoms with Crippen molar-refractivity contribution in [1.82, 2.24) is 4.90 Å². The molecule has 0 bridgehead atoms. The van der Waals surface area contributed by atoms with Gasteiger partial charge in [0.05, 0.1) is 32.9 Å². The van der Waals surface area contributed by atoms with Gasteiger partial charge in [-0.05, 0) is 31.0 Å². The van der Waals surface area contributed by atoms with E-state index >= 15 is 0 Å². The highest BCUT2D eigenvalue weighted by Gasteiger charge is 2.38. The Hall–Kier alpha value is -3.42. The molecule has 0 radical (unpaired) electrons. The lowest BCUT2D eigenvalue weighted by Crippen LogP contribution is -2.51. The van der Waals surface area contributed by atoms with Gasteiger partial charge in [0.15, 0.2) is 11.5 Å². The van der Waals surface area contributed by atoms with E-state index in [1.807, 2.05) is 4.90 Å². The molecule has 0 N–H and O–H groups in total. The predicted octanol–water partition coefficient (Wildman–Crippen LogP) is 3.03. The predicted molar refractivity (Wildman–Crippen MR) is 131 cm³/mol. The first-order chi connectivity index (χ1) is 16.4. The summed E-state index contributed by atoms with van der Waals surface area (Å²) in [6.07, 6.45) is 0.201. The molecule has 2 fully saturated rings. The van der Waals surface area contributed by atoms with Crippen LogP contribution in [0.5, 0.6) is 17.2 Å². The third-order valence-electron chi connectivity index (χ3n) is 6.94. The molecule has 2 aromatic carbocycles. The summed E-state index contributed by atoms with van der Waals surface area (Å²) in [5.74, 6) is 1.02. The highest BCUT2D eigenvalue weighted by atomic mass is 16.5. The van der Waals surface area contributed by atoms with E-state index in [9.17, 15) is 9.59 Å². The van der Waals surface area contributed by atoms with E-state index in [2.05, 4.69) is 36.9 Å². The maximum absolute atomic E-state index is 13.3. The van der Waals surface area contributed by atoms with Crippen LogP contribution in [0.1, 0.15) is 17.5 Å². The number of ether oxygens (including phenoxy) is 3. The number of hydrogen-bond donors (Lipinski definition) is 0. The largest absolute Gasteiger partial charge is 0.493 e. The number of nitrogens with zero attached hydrogens (tertiary/aromatic N) is 3. The molecule has 34 heavy (non-hydrogen) atoms. The SMILES string of the molecule is COc1cc(N2CC(C(=O)N3CCN(c4cccc(C)c4C)CC3)CC2=O)cc(OC)c1OC. The highest BCUT2D eigenvalue weighted by molar-refractivity contribution is 6.00. The number of rotatable bonds is 6. The molecule has 1 unspecified atom stereocenters. The van der Waals surface area contributed by atoms with Crippen LogP contribution in [0.4, 0.5) is 11.4 Å². The van der Waals surface area contributed by atoms with E-state index in [0.29, 0.717) is 42.6 Å². The third-order valence-corrected chi connectivity index (χ3v) is 6.94. The smallest absolute Gasteiger partial charge is 0.228 e. The van der Waals surface area contributed by atoms with E-state index in [1.54, 1.807) is 17.0 Å². The van der Waals surface area contributed by atoms with Gasteiger partial charge in [0.25, 0.3) is 0 Å². The van der Waals surface area contributed by atoms with Crippen LogP contribution in [0.2, 0.25) is 0 Å². The molecule has 2 amide bonds. The van der Waals surface area contributed by atoms with Crippen molar-refractivity contribution in [3.05, 3.63) is 41.5 Å². The van der Waals surface area contributed by atoms with E-state index in [-0.39, 0.29) is 24.2 Å². The Morgan fingerprint density at radius 1 is 0.941 bits per heavy atom. The summed E-state index contributed by atoms with van der Waals surface area (Å²) >= 11 is 0. The normalized spacial score (nSPS) is 18.3. The van der Waals surface area contributed by atoms with Crippen LogP contribution >= 0.6 is 0 Å². The average Bonchev–Trinajstić information content (AvgIpc) is 3.25. The fourth-order valence-electron chi connectivity index (χ4n) is 4.85. The van der Waals surface area contributed by atoms with Gasteiger partial charge in [-0.3, -0.25) is 9.59 Å². The van der Waals surface area contributed by atoms with Crippen LogP contribution in [0.15, 0.2) is 30.3 Å². The maximum Gasteiger partial charge on any atom is 0.228 e. The zero-order valence-corrected chi connectivity index (χ0v) is 20.6. The summed E-state index contributed by atoms with van der Waals surface area (Å²) in [7, 11) is 4.62. The zero-order valence-electron chi connectivity index (χ0n) is 20.6. The first-order valence-corrected chi connectivity index (χ1v) is 11.6. The van der Waals surface area contributed by atoms with Crippen molar-refractivity contribution in [1.29, 1.82) is 0 Å². The molecule has 2 saturated heterocycles. The van der Waals surface area contributed by atoms with Crippen molar-refractivity contribution in [3.63, 3.8) is 0 Å². The van der Waals surface area contributed by atoms with Gasteiger partial charge in [0, 0.05) is 57.0 Å². The molecule has 0 aromatic heterocycles. The topological polar surface area (TPSA) is 71.6 Å².